The lowest BCUT2D eigenvalue weighted by Gasteiger charge is -2.13. The van der Waals surface area contributed by atoms with E-state index in [2.05, 4.69) is 15.2 Å². The van der Waals surface area contributed by atoms with Crippen molar-refractivity contribution in [1.82, 2.24) is 20.1 Å². The number of aryl methyl sites for hydroxylation is 2. The molecule has 0 saturated carbocycles. The van der Waals surface area contributed by atoms with Gasteiger partial charge in [-0.3, -0.25) is 9.89 Å². The summed E-state index contributed by atoms with van der Waals surface area (Å²) in [4.78, 5) is 19.7. The Morgan fingerprint density at radius 2 is 2.29 bits per heavy atom. The van der Waals surface area contributed by atoms with Crippen LogP contribution in [0.3, 0.4) is 0 Å². The van der Waals surface area contributed by atoms with Crippen LogP contribution in [0.1, 0.15) is 25.9 Å². The van der Waals surface area contributed by atoms with Crippen molar-refractivity contribution >= 4 is 17.2 Å². The monoisotopic (exact) mass is 250 g/mol. The Morgan fingerprint density at radius 3 is 2.82 bits per heavy atom. The maximum Gasteiger partial charge on any atom is 0.264 e. The molecule has 2 aromatic heterocycles. The maximum atomic E-state index is 12.1. The zero-order valence-corrected chi connectivity index (χ0v) is 10.8. The third-order valence-electron chi connectivity index (χ3n) is 2.58. The summed E-state index contributed by atoms with van der Waals surface area (Å²) < 4.78 is 0. The molecule has 5 nitrogen and oxygen atoms in total. The molecular formula is C11H14N4OS. The topological polar surface area (TPSA) is 61.9 Å². The molecule has 0 aliphatic rings. The predicted octanol–water partition coefficient (Wildman–Crippen LogP) is 1.76. The molecule has 0 aromatic carbocycles. The van der Waals surface area contributed by atoms with E-state index in [-0.39, 0.29) is 5.91 Å². The molecule has 1 amide bonds. The highest BCUT2D eigenvalue weighted by Gasteiger charge is 2.16. The maximum absolute atomic E-state index is 12.1. The first-order valence-corrected chi connectivity index (χ1v) is 6.06. The highest BCUT2D eigenvalue weighted by Crippen LogP contribution is 2.21. The van der Waals surface area contributed by atoms with E-state index in [0.29, 0.717) is 12.4 Å². The van der Waals surface area contributed by atoms with E-state index < -0.39 is 0 Å². The number of nitrogens with one attached hydrogen (secondary N) is 1. The Bertz CT molecular complexity index is 498. The summed E-state index contributed by atoms with van der Waals surface area (Å²) in [5, 5.41) is 6.49. The lowest BCUT2D eigenvalue weighted by atomic mass is 10.3. The number of rotatable bonds is 3. The normalized spacial score (nSPS) is 10.5. The summed E-state index contributed by atoms with van der Waals surface area (Å²) in [6, 6.07) is 1.93. The minimum absolute atomic E-state index is 0.0163. The molecule has 1 N–H and O–H groups in total. The van der Waals surface area contributed by atoms with Crippen molar-refractivity contribution in [2.45, 2.75) is 20.4 Å². The van der Waals surface area contributed by atoms with E-state index in [4.69, 9.17) is 0 Å². The summed E-state index contributed by atoms with van der Waals surface area (Å²) >= 11 is 1.53. The van der Waals surface area contributed by atoms with Crippen molar-refractivity contribution in [3.8, 4) is 0 Å². The first-order chi connectivity index (χ1) is 8.08. The molecule has 90 valence electrons. The van der Waals surface area contributed by atoms with Gasteiger partial charge in [0, 0.05) is 11.9 Å². The Hall–Kier alpha value is -1.69. The van der Waals surface area contributed by atoms with Gasteiger partial charge in [0.2, 0.25) is 0 Å². The molecule has 2 rings (SSSR count). The number of aromatic nitrogens is 3. The van der Waals surface area contributed by atoms with Gasteiger partial charge in [-0.05, 0) is 25.5 Å². The van der Waals surface area contributed by atoms with Crippen molar-refractivity contribution in [3.63, 3.8) is 0 Å². The van der Waals surface area contributed by atoms with E-state index in [1.807, 2.05) is 19.9 Å². The number of thiophene rings is 1. The van der Waals surface area contributed by atoms with Crippen LogP contribution < -0.4 is 0 Å². The van der Waals surface area contributed by atoms with Gasteiger partial charge in [-0.15, -0.1) is 11.3 Å². The van der Waals surface area contributed by atoms with Gasteiger partial charge < -0.3 is 4.90 Å². The minimum atomic E-state index is 0.0163. The number of nitrogens with zero attached hydrogens (tertiary/aromatic N) is 3. The van der Waals surface area contributed by atoms with Gasteiger partial charge in [0.05, 0.1) is 11.4 Å². The first kappa shape index (κ1) is 11.8. The molecule has 2 heterocycles. The van der Waals surface area contributed by atoms with Crippen LogP contribution in [0.4, 0.5) is 0 Å². The summed E-state index contributed by atoms with van der Waals surface area (Å²) in [7, 11) is 1.76. The van der Waals surface area contributed by atoms with Gasteiger partial charge in [0.25, 0.3) is 5.91 Å². The van der Waals surface area contributed by atoms with Crippen LogP contribution in [0.5, 0.6) is 0 Å². The van der Waals surface area contributed by atoms with Crippen LogP contribution in [0, 0.1) is 13.8 Å². The van der Waals surface area contributed by atoms with Crippen molar-refractivity contribution in [1.29, 1.82) is 0 Å². The number of hydrogen-bond acceptors (Lipinski definition) is 4. The van der Waals surface area contributed by atoms with E-state index in [1.165, 1.54) is 22.5 Å². The second-order valence-corrected chi connectivity index (χ2v) is 5.20. The molecule has 0 unspecified atom stereocenters. The molecule has 0 radical (unpaired) electrons. The second kappa shape index (κ2) is 4.67. The standard InChI is InChI=1S/C11H14N4OS/c1-7-4-9(17-8(7)2)11(16)15(3)5-10-12-6-13-14-10/h4,6H,5H2,1-3H3,(H,12,13,14). The zero-order valence-electron chi connectivity index (χ0n) is 10.0. The smallest absolute Gasteiger partial charge is 0.264 e. The van der Waals surface area contributed by atoms with Gasteiger partial charge in [-0.25, -0.2) is 4.98 Å². The first-order valence-electron chi connectivity index (χ1n) is 5.24. The van der Waals surface area contributed by atoms with Crippen molar-refractivity contribution in [2.75, 3.05) is 7.05 Å². The average Bonchev–Trinajstić information content (AvgIpc) is 2.89. The Labute approximate surface area is 103 Å². The van der Waals surface area contributed by atoms with E-state index in [9.17, 15) is 4.79 Å². The number of hydrogen-bond donors (Lipinski definition) is 1. The van der Waals surface area contributed by atoms with E-state index >= 15 is 0 Å². The largest absolute Gasteiger partial charge is 0.333 e. The van der Waals surface area contributed by atoms with E-state index in [0.717, 1.165) is 10.4 Å². The van der Waals surface area contributed by atoms with Crippen LogP contribution in [0.25, 0.3) is 0 Å². The molecular weight excluding hydrogens is 236 g/mol. The SMILES string of the molecule is Cc1cc(C(=O)N(C)Cc2ncn[nH]2)sc1C. The van der Waals surface area contributed by atoms with E-state index in [1.54, 1.807) is 11.9 Å². The molecule has 0 aliphatic heterocycles. The van der Waals surface area contributed by atoms with Crippen LogP contribution in [-0.4, -0.2) is 33.0 Å². The van der Waals surface area contributed by atoms with Crippen LogP contribution in [0.2, 0.25) is 0 Å². The van der Waals surface area contributed by atoms with Crippen molar-refractivity contribution in [3.05, 3.63) is 33.5 Å². The van der Waals surface area contributed by atoms with Gasteiger partial charge >= 0.3 is 0 Å². The lowest BCUT2D eigenvalue weighted by Crippen LogP contribution is -2.26. The van der Waals surface area contributed by atoms with Crippen molar-refractivity contribution in [2.24, 2.45) is 0 Å². The molecule has 0 spiro atoms. The second-order valence-electron chi connectivity index (χ2n) is 3.94. The highest BCUT2D eigenvalue weighted by atomic mass is 32.1. The summed E-state index contributed by atoms with van der Waals surface area (Å²) in [5.74, 6) is 0.702. The minimum Gasteiger partial charge on any atom is -0.333 e. The van der Waals surface area contributed by atoms with Crippen LogP contribution in [-0.2, 0) is 6.54 Å². The van der Waals surface area contributed by atoms with Crippen LogP contribution >= 0.6 is 11.3 Å². The summed E-state index contributed by atoms with van der Waals surface area (Å²) in [5.41, 5.74) is 1.16. The van der Waals surface area contributed by atoms with Crippen molar-refractivity contribution < 1.29 is 4.79 Å². The molecule has 0 fully saturated rings. The van der Waals surface area contributed by atoms with Gasteiger partial charge in [0.1, 0.15) is 12.2 Å². The zero-order chi connectivity index (χ0) is 12.4. The predicted molar refractivity (Wildman–Crippen MR) is 66.0 cm³/mol. The Morgan fingerprint density at radius 1 is 1.53 bits per heavy atom. The molecule has 17 heavy (non-hydrogen) atoms. The number of H-pyrrole nitrogens is 1. The number of carbonyl (C=O) groups excluding carboxylic acids is 1. The fourth-order valence-electron chi connectivity index (χ4n) is 1.47. The fourth-order valence-corrected chi connectivity index (χ4v) is 2.50. The number of amides is 1. The van der Waals surface area contributed by atoms with Crippen LogP contribution in [0.15, 0.2) is 12.4 Å². The molecule has 2 aromatic rings. The highest BCUT2D eigenvalue weighted by molar-refractivity contribution is 7.14. The number of aromatic amines is 1. The molecule has 0 bridgehead atoms. The molecule has 0 saturated heterocycles. The van der Waals surface area contributed by atoms with Gasteiger partial charge in [-0.1, -0.05) is 0 Å². The Balaban J connectivity index is 2.09. The molecule has 6 heteroatoms. The summed E-state index contributed by atoms with van der Waals surface area (Å²) in [6.07, 6.45) is 1.44. The third-order valence-corrected chi connectivity index (χ3v) is 3.72. The quantitative estimate of drug-likeness (QED) is 0.902. The number of carbonyl (C=O) groups is 1. The average molecular weight is 250 g/mol. The molecule has 0 atom stereocenters. The Kier molecular flexibility index (Phi) is 3.23. The fraction of sp³-hybridized carbons (Fsp3) is 0.364. The van der Waals surface area contributed by atoms with Gasteiger partial charge in [-0.2, -0.15) is 5.10 Å². The molecule has 0 aliphatic carbocycles. The lowest BCUT2D eigenvalue weighted by molar-refractivity contribution is 0.0786. The summed E-state index contributed by atoms with van der Waals surface area (Å²) in [6.45, 7) is 4.47. The van der Waals surface area contributed by atoms with Gasteiger partial charge in [0.15, 0.2) is 0 Å². The third kappa shape index (κ3) is 2.52.